The van der Waals surface area contributed by atoms with Crippen molar-refractivity contribution in [2.24, 2.45) is 0 Å². The minimum absolute atomic E-state index is 0.0300. The highest BCUT2D eigenvalue weighted by Crippen LogP contribution is 2.28. The number of nitrogens with zero attached hydrogens (tertiary/aromatic N) is 1. The molecule has 1 aromatic rings. The van der Waals surface area contributed by atoms with E-state index >= 15 is 0 Å². The molecule has 6 nitrogen and oxygen atoms in total. The number of anilines is 1. The number of carbonyl (C=O) groups excluding carboxylic acids is 1. The highest BCUT2D eigenvalue weighted by atomic mass is 32.2. The normalized spacial score (nSPS) is 9.89. The quantitative estimate of drug-likeness (QED) is 0.369. The maximum atomic E-state index is 10.9. The lowest BCUT2D eigenvalue weighted by Crippen LogP contribution is -2.01. The van der Waals surface area contributed by atoms with E-state index in [1.165, 1.54) is 31.0 Å². The van der Waals surface area contributed by atoms with Crippen molar-refractivity contribution in [1.29, 1.82) is 0 Å². The lowest BCUT2D eigenvalue weighted by molar-refractivity contribution is -0.385. The van der Waals surface area contributed by atoms with Gasteiger partial charge in [0.15, 0.2) is 0 Å². The van der Waals surface area contributed by atoms with Gasteiger partial charge >= 0.3 is 5.97 Å². The summed E-state index contributed by atoms with van der Waals surface area (Å²) in [6.45, 7) is 0. The van der Waals surface area contributed by atoms with E-state index in [-0.39, 0.29) is 18.1 Å². The van der Waals surface area contributed by atoms with Crippen molar-refractivity contribution in [3.05, 3.63) is 28.3 Å². The summed E-state index contributed by atoms with van der Waals surface area (Å²) in [5, 5.41) is 13.6. The summed E-state index contributed by atoms with van der Waals surface area (Å²) in [7, 11) is 3.03. The molecule has 0 atom stereocenters. The van der Waals surface area contributed by atoms with E-state index in [0.29, 0.717) is 11.4 Å². The van der Waals surface area contributed by atoms with Gasteiger partial charge in [-0.25, -0.2) is 0 Å². The number of carbonyl (C=O) groups is 1. The molecule has 0 aliphatic rings. The SMILES string of the molecule is CNc1cc(SCCC(=O)OC)cc([N+](=O)[O-])c1. The summed E-state index contributed by atoms with van der Waals surface area (Å²) in [5.74, 6) is 0.235. The fraction of sp³-hybridized carbons (Fsp3) is 0.364. The standard InChI is InChI=1S/C11H14N2O4S/c1-12-8-5-9(13(15)16)7-10(6-8)18-4-3-11(14)17-2/h5-7,12H,3-4H2,1-2H3. The highest BCUT2D eigenvalue weighted by molar-refractivity contribution is 7.99. The predicted molar refractivity (Wildman–Crippen MR) is 70.0 cm³/mol. The monoisotopic (exact) mass is 270 g/mol. The number of non-ortho nitro benzene ring substituents is 1. The smallest absolute Gasteiger partial charge is 0.306 e. The van der Waals surface area contributed by atoms with E-state index in [0.717, 1.165) is 4.90 Å². The van der Waals surface area contributed by atoms with E-state index in [2.05, 4.69) is 10.1 Å². The van der Waals surface area contributed by atoms with Crippen LogP contribution < -0.4 is 5.32 Å². The maximum absolute atomic E-state index is 10.9. The number of ether oxygens (including phenoxy) is 1. The van der Waals surface area contributed by atoms with Crippen LogP contribution in [0.5, 0.6) is 0 Å². The molecule has 0 radical (unpaired) electrons. The lowest BCUT2D eigenvalue weighted by Gasteiger charge is -2.05. The molecule has 0 aromatic heterocycles. The van der Waals surface area contributed by atoms with Gasteiger partial charge in [-0.05, 0) is 6.07 Å². The zero-order valence-corrected chi connectivity index (χ0v) is 11.0. The van der Waals surface area contributed by atoms with E-state index in [1.807, 2.05) is 0 Å². The number of methoxy groups -OCH3 is 1. The largest absolute Gasteiger partial charge is 0.469 e. The average Bonchev–Trinajstić information content (AvgIpc) is 2.37. The minimum atomic E-state index is -0.439. The second kappa shape index (κ2) is 6.85. The van der Waals surface area contributed by atoms with Gasteiger partial charge < -0.3 is 10.1 Å². The van der Waals surface area contributed by atoms with Gasteiger partial charge in [0, 0.05) is 35.5 Å². The maximum Gasteiger partial charge on any atom is 0.306 e. The fourth-order valence-electron chi connectivity index (χ4n) is 1.27. The van der Waals surface area contributed by atoms with Crippen LogP contribution in [0.3, 0.4) is 0 Å². The molecule has 0 aliphatic heterocycles. The highest BCUT2D eigenvalue weighted by Gasteiger charge is 2.10. The predicted octanol–water partition coefficient (Wildman–Crippen LogP) is 2.29. The molecule has 18 heavy (non-hydrogen) atoms. The molecule has 0 amide bonds. The molecule has 1 N–H and O–H groups in total. The third-order valence-corrected chi connectivity index (χ3v) is 3.17. The Bertz CT molecular complexity index is 451. The Labute approximate surface area is 109 Å². The number of nitro groups is 1. The van der Waals surface area contributed by atoms with Gasteiger partial charge in [0.05, 0.1) is 18.5 Å². The van der Waals surface area contributed by atoms with Gasteiger partial charge in [0.25, 0.3) is 5.69 Å². The molecule has 0 saturated heterocycles. The molecule has 7 heteroatoms. The first-order valence-corrected chi connectivity index (χ1v) is 6.22. The van der Waals surface area contributed by atoms with Crippen LogP contribution in [0.1, 0.15) is 6.42 Å². The number of nitro benzene ring substituents is 1. The van der Waals surface area contributed by atoms with E-state index in [9.17, 15) is 14.9 Å². The van der Waals surface area contributed by atoms with Crippen LogP contribution >= 0.6 is 11.8 Å². The van der Waals surface area contributed by atoms with Crippen molar-refractivity contribution in [1.82, 2.24) is 0 Å². The summed E-state index contributed by atoms with van der Waals surface area (Å²) in [5.41, 5.74) is 0.701. The zero-order valence-electron chi connectivity index (χ0n) is 10.1. The molecule has 98 valence electrons. The van der Waals surface area contributed by atoms with Gasteiger partial charge in [-0.15, -0.1) is 11.8 Å². The Morgan fingerprint density at radius 3 is 2.78 bits per heavy atom. The van der Waals surface area contributed by atoms with Crippen molar-refractivity contribution in [3.63, 3.8) is 0 Å². The number of thioether (sulfide) groups is 1. The van der Waals surface area contributed by atoms with Crippen LogP contribution in [-0.2, 0) is 9.53 Å². The van der Waals surface area contributed by atoms with Crippen molar-refractivity contribution < 1.29 is 14.5 Å². The van der Waals surface area contributed by atoms with Gasteiger partial charge in [0.2, 0.25) is 0 Å². The van der Waals surface area contributed by atoms with Crippen LogP contribution in [0.15, 0.2) is 23.1 Å². The molecule has 0 heterocycles. The molecule has 1 rings (SSSR count). The summed E-state index contributed by atoms with van der Waals surface area (Å²) in [6, 6.07) is 4.75. The number of hydrogen-bond acceptors (Lipinski definition) is 6. The van der Waals surface area contributed by atoms with Crippen LogP contribution in [0, 0.1) is 10.1 Å². The van der Waals surface area contributed by atoms with E-state index in [1.54, 1.807) is 13.1 Å². The number of nitrogens with one attached hydrogen (secondary N) is 1. The first-order valence-electron chi connectivity index (χ1n) is 5.23. The van der Waals surface area contributed by atoms with Crippen molar-refractivity contribution in [2.75, 3.05) is 25.2 Å². The van der Waals surface area contributed by atoms with E-state index < -0.39 is 4.92 Å². The Morgan fingerprint density at radius 1 is 1.50 bits per heavy atom. The van der Waals surface area contributed by atoms with Crippen LogP contribution in [0.4, 0.5) is 11.4 Å². The van der Waals surface area contributed by atoms with Gasteiger partial charge in [-0.1, -0.05) is 0 Å². The molecule has 0 aliphatic carbocycles. The Hall–Kier alpha value is -1.76. The molecule has 1 aromatic carbocycles. The Kier molecular flexibility index (Phi) is 5.44. The van der Waals surface area contributed by atoms with Crippen molar-refractivity contribution in [3.8, 4) is 0 Å². The molecule has 0 unspecified atom stereocenters. The first kappa shape index (κ1) is 14.3. The summed E-state index contributed by atoms with van der Waals surface area (Å²) in [6.07, 6.45) is 0.277. The lowest BCUT2D eigenvalue weighted by atomic mass is 10.3. The molecular formula is C11H14N2O4S. The average molecular weight is 270 g/mol. The van der Waals surface area contributed by atoms with Crippen LogP contribution in [-0.4, -0.2) is 30.8 Å². The number of hydrogen-bond donors (Lipinski definition) is 1. The van der Waals surface area contributed by atoms with E-state index in [4.69, 9.17) is 0 Å². The molecule has 0 saturated carbocycles. The van der Waals surface area contributed by atoms with Gasteiger partial charge in [0.1, 0.15) is 0 Å². The molecular weight excluding hydrogens is 256 g/mol. The molecule has 0 bridgehead atoms. The van der Waals surface area contributed by atoms with Crippen molar-refractivity contribution >= 4 is 29.1 Å². The Morgan fingerprint density at radius 2 is 2.22 bits per heavy atom. The minimum Gasteiger partial charge on any atom is -0.469 e. The van der Waals surface area contributed by atoms with Crippen LogP contribution in [0.25, 0.3) is 0 Å². The topological polar surface area (TPSA) is 81.5 Å². The number of rotatable bonds is 6. The molecule has 0 fully saturated rings. The van der Waals surface area contributed by atoms with Gasteiger partial charge in [-0.2, -0.15) is 0 Å². The second-order valence-corrected chi connectivity index (χ2v) is 4.57. The molecule has 0 spiro atoms. The zero-order chi connectivity index (χ0) is 13.5. The van der Waals surface area contributed by atoms with Gasteiger partial charge in [-0.3, -0.25) is 14.9 Å². The summed E-state index contributed by atoms with van der Waals surface area (Å²) in [4.78, 5) is 22.0. The van der Waals surface area contributed by atoms with Crippen molar-refractivity contribution in [2.45, 2.75) is 11.3 Å². The summed E-state index contributed by atoms with van der Waals surface area (Å²) >= 11 is 1.38. The summed E-state index contributed by atoms with van der Waals surface area (Å²) < 4.78 is 4.52. The number of esters is 1. The Balaban J connectivity index is 2.72. The fourth-order valence-corrected chi connectivity index (χ4v) is 2.19. The number of benzene rings is 1. The first-order chi connectivity index (χ1) is 8.56. The third kappa shape index (κ3) is 4.25. The van der Waals surface area contributed by atoms with Crippen LogP contribution in [0.2, 0.25) is 0 Å². The second-order valence-electron chi connectivity index (χ2n) is 3.40. The third-order valence-electron chi connectivity index (χ3n) is 2.19.